The van der Waals surface area contributed by atoms with Crippen molar-refractivity contribution >= 4 is 52.7 Å². The van der Waals surface area contributed by atoms with Crippen LogP contribution in [0.4, 0.5) is 5.69 Å². The second kappa shape index (κ2) is 15.2. The number of hydrogen-bond donors (Lipinski definition) is 4. The van der Waals surface area contributed by atoms with E-state index in [9.17, 15) is 29.2 Å². The van der Waals surface area contributed by atoms with Gasteiger partial charge in [-0.3, -0.25) is 19.2 Å². The van der Waals surface area contributed by atoms with Gasteiger partial charge in [0.2, 0.25) is 0 Å². The van der Waals surface area contributed by atoms with Crippen LogP contribution in [0, 0.1) is 12.8 Å². The van der Waals surface area contributed by atoms with E-state index in [0.29, 0.717) is 40.8 Å². The zero-order valence-electron chi connectivity index (χ0n) is 24.0. The molecule has 11 heteroatoms. The van der Waals surface area contributed by atoms with E-state index in [-0.39, 0.29) is 30.0 Å². The number of nitrogens with zero attached hydrogens (tertiary/aromatic N) is 2. The zero-order valence-corrected chi connectivity index (χ0v) is 24.0. The number of Topliss-reactive ketones (excluding diaryl/α,β-unsaturated/α-hetero) is 1. The van der Waals surface area contributed by atoms with Crippen LogP contribution < -0.4 is 10.8 Å². The topological polar surface area (TPSA) is 143 Å². The lowest BCUT2D eigenvalue weighted by Gasteiger charge is -2.34. The third-order valence-corrected chi connectivity index (χ3v) is 6.75. The molecule has 220 valence electrons. The number of carbonyl (C=O) groups excluding carboxylic acids is 4. The predicted octanol–water partition coefficient (Wildman–Crippen LogP) is 2.54. The van der Waals surface area contributed by atoms with Gasteiger partial charge in [-0.05, 0) is 35.8 Å². The maximum atomic E-state index is 13.2. The van der Waals surface area contributed by atoms with E-state index in [1.165, 1.54) is 35.4 Å². The number of terminal acetylenes is 1. The van der Waals surface area contributed by atoms with Crippen LogP contribution in [0.3, 0.4) is 0 Å². The third-order valence-electron chi connectivity index (χ3n) is 6.75. The fourth-order valence-corrected chi connectivity index (χ4v) is 4.58. The first kappa shape index (κ1) is 32.3. The molecule has 3 amide bonds. The van der Waals surface area contributed by atoms with Crippen molar-refractivity contribution in [2.24, 2.45) is 0 Å². The van der Waals surface area contributed by atoms with Crippen molar-refractivity contribution in [3.63, 3.8) is 0 Å². The Morgan fingerprint density at radius 2 is 1.40 bits per heavy atom. The van der Waals surface area contributed by atoms with Crippen LogP contribution in [-0.2, 0) is 4.79 Å². The van der Waals surface area contributed by atoms with Crippen LogP contribution in [0.15, 0.2) is 79.0 Å². The fourth-order valence-electron chi connectivity index (χ4n) is 4.58. The number of hydrogen-bond acceptors (Lipinski definition) is 6. The maximum Gasteiger partial charge on any atom is 0.488 e. The molecular weight excluding hydrogens is 547 g/mol. The Bertz CT molecular complexity index is 1590. The van der Waals surface area contributed by atoms with Crippen molar-refractivity contribution in [2.75, 3.05) is 31.5 Å². The van der Waals surface area contributed by atoms with Gasteiger partial charge in [-0.25, -0.2) is 0 Å². The summed E-state index contributed by atoms with van der Waals surface area (Å²) in [6, 6.07) is 19.8. The summed E-state index contributed by atoms with van der Waals surface area (Å²) < 4.78 is 0. The van der Waals surface area contributed by atoms with Gasteiger partial charge in [0.1, 0.15) is 0 Å². The van der Waals surface area contributed by atoms with Gasteiger partial charge in [0.15, 0.2) is 0 Å². The Kier molecular flexibility index (Phi) is 11.4. The van der Waals surface area contributed by atoms with Crippen molar-refractivity contribution < 1.29 is 29.2 Å². The number of ketones is 1. The smallest absolute Gasteiger partial charge is 0.423 e. The second-order valence-corrected chi connectivity index (χ2v) is 9.16. The van der Waals surface area contributed by atoms with Gasteiger partial charge in [-0.15, -0.1) is 12.8 Å². The van der Waals surface area contributed by atoms with Gasteiger partial charge < -0.3 is 30.1 Å². The van der Waals surface area contributed by atoms with Crippen molar-refractivity contribution in [2.45, 2.75) is 13.8 Å². The molecule has 1 saturated heterocycles. The van der Waals surface area contributed by atoms with Crippen LogP contribution in [0.2, 0.25) is 0 Å². The van der Waals surface area contributed by atoms with E-state index in [0.717, 1.165) is 0 Å². The number of piperazine rings is 1. The molecule has 5 rings (SSSR count). The highest BCUT2D eigenvalue weighted by atomic mass is 16.4. The van der Waals surface area contributed by atoms with Crippen molar-refractivity contribution in [1.82, 2.24) is 14.8 Å². The summed E-state index contributed by atoms with van der Waals surface area (Å²) in [5.74, 6) is -1.86. The molecule has 0 unspecified atom stereocenters. The highest BCUT2D eigenvalue weighted by Gasteiger charge is 2.30. The second-order valence-electron chi connectivity index (χ2n) is 9.16. The quantitative estimate of drug-likeness (QED) is 0.120. The number of carbonyl (C=O) groups is 4. The summed E-state index contributed by atoms with van der Waals surface area (Å²) in [6.07, 6.45) is 9.45. The molecule has 0 bridgehead atoms. The average Bonchev–Trinajstić information content (AvgIpc) is 3.51. The first-order valence-electron chi connectivity index (χ1n) is 13.7. The molecule has 0 radical (unpaired) electrons. The van der Waals surface area contributed by atoms with Crippen molar-refractivity contribution in [3.8, 4) is 12.8 Å². The zero-order chi connectivity index (χ0) is 31.5. The minimum Gasteiger partial charge on any atom is -0.423 e. The fraction of sp³-hybridized carbons (Fsp3) is 0.188. The van der Waals surface area contributed by atoms with Gasteiger partial charge in [0, 0.05) is 48.9 Å². The molecule has 0 spiro atoms. The van der Waals surface area contributed by atoms with E-state index in [2.05, 4.69) is 23.1 Å². The monoisotopic (exact) mass is 580 g/mol. The Balaban J connectivity index is 0.00000121. The summed E-state index contributed by atoms with van der Waals surface area (Å²) in [6.45, 7) is 5.15. The lowest BCUT2D eigenvalue weighted by atomic mass is 9.80. The highest BCUT2D eigenvalue weighted by molar-refractivity contribution is 6.58. The number of fused-ring (bicyclic) bond motifs is 1. The molecule has 2 heterocycles. The average molecular weight is 580 g/mol. The lowest BCUT2D eigenvalue weighted by Crippen LogP contribution is -2.52. The summed E-state index contributed by atoms with van der Waals surface area (Å²) in [5.41, 5.74) is 2.24. The van der Waals surface area contributed by atoms with Gasteiger partial charge in [0.25, 0.3) is 23.5 Å². The molecule has 10 nitrogen and oxygen atoms in total. The molecule has 4 aromatic rings. The van der Waals surface area contributed by atoms with E-state index < -0.39 is 24.7 Å². The summed E-state index contributed by atoms with van der Waals surface area (Å²) in [5, 5.41) is 21.7. The number of aromatic amines is 1. The van der Waals surface area contributed by atoms with Crippen LogP contribution in [0.1, 0.15) is 44.9 Å². The number of H-pyrrole nitrogens is 1. The van der Waals surface area contributed by atoms with Crippen LogP contribution in [-0.4, -0.2) is 81.6 Å². The van der Waals surface area contributed by atoms with Crippen LogP contribution >= 0.6 is 0 Å². The Labute approximate surface area is 250 Å². The molecule has 0 aliphatic carbocycles. The normalized spacial score (nSPS) is 12.2. The molecule has 1 aromatic heterocycles. The maximum absolute atomic E-state index is 13.2. The summed E-state index contributed by atoms with van der Waals surface area (Å²) >= 11 is 0. The summed E-state index contributed by atoms with van der Waals surface area (Å²) in [4.78, 5) is 57.8. The Hall–Kier alpha value is -5.18. The largest absolute Gasteiger partial charge is 0.488 e. The van der Waals surface area contributed by atoms with Gasteiger partial charge in [-0.2, -0.15) is 0 Å². The van der Waals surface area contributed by atoms with E-state index in [4.69, 9.17) is 0 Å². The number of amides is 3. The minimum atomic E-state index is -1.63. The molecule has 3 aromatic carbocycles. The summed E-state index contributed by atoms with van der Waals surface area (Å²) in [7, 11) is -1.63. The Morgan fingerprint density at radius 3 is 2.00 bits per heavy atom. The molecule has 4 N–H and O–H groups in total. The number of anilines is 1. The molecule has 1 aliphatic heterocycles. The minimum absolute atomic E-state index is 0.109. The first-order chi connectivity index (χ1) is 20.8. The van der Waals surface area contributed by atoms with Crippen molar-refractivity contribution in [3.05, 3.63) is 95.7 Å². The molecule has 0 saturated carbocycles. The van der Waals surface area contributed by atoms with Crippen LogP contribution in [0.25, 0.3) is 10.9 Å². The molecule has 0 atom stereocenters. The molecule has 43 heavy (non-hydrogen) atoms. The number of rotatable bonds is 6. The van der Waals surface area contributed by atoms with Gasteiger partial charge in [0.05, 0.1) is 16.8 Å². The molecular formula is C32H33BN4O6. The number of aromatic nitrogens is 1. The lowest BCUT2D eigenvalue weighted by molar-refractivity contribution is -0.127. The standard InChI is InChI=1S/C28H25BN4O6.C2H6.C2H2/c34-25(28(37)33-15-13-32(14-16-33)27(36)19-5-2-1-3-6-19)22-17-30-24-21(22)7-4-8-23(24)31-26(35)18-9-11-20(12-10-18)29(38)39;2*1-2/h1-12,17,30,38-39H,13-16H2,(H,31,35);1-2H3;1-2H. The Morgan fingerprint density at radius 1 is 0.791 bits per heavy atom. The van der Waals surface area contributed by atoms with E-state index in [1.807, 2.05) is 19.9 Å². The van der Waals surface area contributed by atoms with Crippen molar-refractivity contribution in [1.29, 1.82) is 0 Å². The SMILES string of the molecule is C#C.CC.O=C(Nc1cccc2c(C(=O)C(=O)N3CCN(C(=O)c4ccccc4)CC3)c[nH]c12)c1ccc(B(O)O)cc1. The number of para-hydroxylation sites is 1. The van der Waals surface area contributed by atoms with Crippen LogP contribution in [0.5, 0.6) is 0 Å². The third kappa shape index (κ3) is 7.37. The van der Waals surface area contributed by atoms with E-state index in [1.54, 1.807) is 47.4 Å². The van der Waals surface area contributed by atoms with E-state index >= 15 is 0 Å². The van der Waals surface area contributed by atoms with Gasteiger partial charge >= 0.3 is 7.12 Å². The first-order valence-corrected chi connectivity index (χ1v) is 13.7. The van der Waals surface area contributed by atoms with Gasteiger partial charge in [-0.1, -0.05) is 56.3 Å². The highest BCUT2D eigenvalue weighted by Crippen LogP contribution is 2.27. The predicted molar refractivity (Wildman–Crippen MR) is 167 cm³/mol. The molecule has 1 aliphatic rings. The number of nitrogens with one attached hydrogen (secondary N) is 2. The molecule has 1 fully saturated rings. The number of benzene rings is 3.